The van der Waals surface area contributed by atoms with E-state index in [1.807, 2.05) is 75.6 Å². The van der Waals surface area contributed by atoms with E-state index in [1.54, 1.807) is 9.47 Å². The normalized spacial score (nSPS) is 19.9. The van der Waals surface area contributed by atoms with Crippen LogP contribution in [0.1, 0.15) is 53.4 Å². The minimum Gasteiger partial charge on any atom is -0.444 e. The molecule has 2 aliphatic rings. The first kappa shape index (κ1) is 34.5. The maximum Gasteiger partial charge on any atom is 0.410 e. The zero-order valence-electron chi connectivity index (χ0n) is 29.8. The van der Waals surface area contributed by atoms with Crippen LogP contribution in [0.2, 0.25) is 30.7 Å². The average molecular weight is 696 g/mol. The number of amides is 1. The average Bonchev–Trinajstić information content (AvgIpc) is 3.67. The highest BCUT2D eigenvalue weighted by molar-refractivity contribution is 6.76. The number of halogens is 1. The molecule has 2 fully saturated rings. The fourth-order valence-corrected chi connectivity index (χ4v) is 8.20. The smallest absolute Gasteiger partial charge is 0.410 e. The molecule has 13 heteroatoms. The van der Waals surface area contributed by atoms with Crippen molar-refractivity contribution in [2.24, 2.45) is 7.05 Å². The van der Waals surface area contributed by atoms with Crippen LogP contribution in [0.4, 0.5) is 10.7 Å². The lowest BCUT2D eigenvalue weighted by Crippen LogP contribution is -2.53. The van der Waals surface area contributed by atoms with Gasteiger partial charge in [0, 0.05) is 82.4 Å². The van der Waals surface area contributed by atoms with Crippen LogP contribution in [-0.2, 0) is 29.8 Å². The molecule has 2 saturated heterocycles. The van der Waals surface area contributed by atoms with Gasteiger partial charge in [-0.05, 0) is 65.5 Å². The number of hydrogen-bond acceptors (Lipinski definition) is 7. The van der Waals surface area contributed by atoms with E-state index in [4.69, 9.17) is 26.1 Å². The summed E-state index contributed by atoms with van der Waals surface area (Å²) in [5.41, 5.74) is 2.22. The molecule has 0 N–H and O–H groups in total. The summed E-state index contributed by atoms with van der Waals surface area (Å²) in [4.78, 5) is 36.7. The molecule has 1 aromatic carbocycles. The van der Waals surface area contributed by atoms with E-state index >= 15 is 0 Å². The molecule has 2 bridgehead atoms. The quantitative estimate of drug-likeness (QED) is 0.136. The topological polar surface area (TPSA) is 99.6 Å². The Labute approximate surface area is 288 Å². The van der Waals surface area contributed by atoms with E-state index in [1.165, 1.54) is 0 Å². The van der Waals surface area contributed by atoms with Crippen LogP contribution in [-0.4, -0.2) is 80.3 Å². The lowest BCUT2D eigenvalue weighted by molar-refractivity contribution is 0.0186. The number of rotatable bonds is 9. The molecule has 48 heavy (non-hydrogen) atoms. The predicted octanol–water partition coefficient (Wildman–Crippen LogP) is 7.10. The summed E-state index contributed by atoms with van der Waals surface area (Å²) < 4.78 is 17.4. The number of fused-ring (bicyclic) bond motifs is 4. The molecular weight excluding hydrogens is 646 g/mol. The van der Waals surface area contributed by atoms with Crippen molar-refractivity contribution in [3.63, 3.8) is 0 Å². The van der Waals surface area contributed by atoms with Gasteiger partial charge >= 0.3 is 6.09 Å². The van der Waals surface area contributed by atoms with Crippen LogP contribution in [0, 0.1) is 0 Å². The van der Waals surface area contributed by atoms with Gasteiger partial charge in [-0.2, -0.15) is 10.1 Å². The third kappa shape index (κ3) is 6.63. The number of carbonyl (C=O) groups is 1. The van der Waals surface area contributed by atoms with E-state index in [-0.39, 0.29) is 36.5 Å². The van der Waals surface area contributed by atoms with E-state index in [2.05, 4.69) is 29.6 Å². The summed E-state index contributed by atoms with van der Waals surface area (Å²) in [7, 11) is 2.35. The number of aromatic nitrogens is 5. The summed E-state index contributed by atoms with van der Waals surface area (Å²) in [5, 5.41) is 6.55. The van der Waals surface area contributed by atoms with Gasteiger partial charge in [0.05, 0.1) is 15.9 Å². The molecular formula is C35H50ClN7O4Si. The van der Waals surface area contributed by atoms with Crippen LogP contribution in [0.5, 0.6) is 0 Å². The lowest BCUT2D eigenvalue weighted by atomic mass is 9.96. The summed E-state index contributed by atoms with van der Waals surface area (Å²) in [6, 6.07) is 5.30. The largest absolute Gasteiger partial charge is 0.444 e. The van der Waals surface area contributed by atoms with Crippen LogP contribution >= 0.6 is 11.6 Å². The minimum absolute atomic E-state index is 0.0544. The summed E-state index contributed by atoms with van der Waals surface area (Å²) in [6.45, 7) is 16.4. The second-order valence-corrected chi connectivity index (χ2v) is 21.7. The van der Waals surface area contributed by atoms with Crippen molar-refractivity contribution in [3.8, 4) is 11.1 Å². The highest BCUT2D eigenvalue weighted by atomic mass is 35.5. The van der Waals surface area contributed by atoms with Gasteiger partial charge in [-0.15, -0.1) is 0 Å². The zero-order chi connectivity index (χ0) is 34.7. The first-order valence-corrected chi connectivity index (χ1v) is 21.2. The van der Waals surface area contributed by atoms with Gasteiger partial charge in [-0.25, -0.2) is 4.79 Å². The number of ether oxygens (including phenoxy) is 2. The molecule has 0 aliphatic carbocycles. The standard InChI is InChI=1S/C35H50ClN7O4Si/c1-10-42-20-27-28(38-42)14-13-25(30(27)36)26-19-41(21-46-15-16-48(7,8)9)31-29(26)32(44)40(6)33(37-31)43-22-11-12-23(43)18-24(17-22)39(5)34(45)47-35(2,3)4/h13-14,19-20,22-24H,10-12,15-18,21H2,1-9H3/t22-,23+,24+. The van der Waals surface area contributed by atoms with Crippen LogP contribution in [0.3, 0.4) is 0 Å². The highest BCUT2D eigenvalue weighted by Gasteiger charge is 2.45. The van der Waals surface area contributed by atoms with Crippen molar-refractivity contribution in [3.05, 3.63) is 39.9 Å². The van der Waals surface area contributed by atoms with Gasteiger partial charge in [0.2, 0.25) is 5.95 Å². The second kappa shape index (κ2) is 12.8. The maximum atomic E-state index is 14.4. The lowest BCUT2D eigenvalue weighted by Gasteiger charge is -2.43. The molecule has 0 saturated carbocycles. The third-order valence-electron chi connectivity index (χ3n) is 9.75. The van der Waals surface area contributed by atoms with Crippen molar-refractivity contribution in [2.75, 3.05) is 18.6 Å². The number of benzene rings is 1. The Kier molecular flexibility index (Phi) is 9.23. The van der Waals surface area contributed by atoms with Gasteiger partial charge in [-0.3, -0.25) is 14.0 Å². The SMILES string of the molecule is CCn1cc2c(Cl)c(-c3cn(COCC[Si](C)(C)C)c4nc(N5[C@@H]6CC[C@H]5C[C@@H](N(C)C(=O)OC(C)(C)C)C6)n(C)c(=O)c34)ccc2n1. The number of aryl methyl sites for hydroxylation is 1. The monoisotopic (exact) mass is 695 g/mol. The Hall–Kier alpha value is -3.35. The zero-order valence-corrected chi connectivity index (χ0v) is 31.6. The fraction of sp³-hybridized carbons (Fsp3) is 0.600. The molecule has 3 atom stereocenters. The molecule has 0 radical (unpaired) electrons. The fourth-order valence-electron chi connectivity index (χ4n) is 7.13. The minimum atomic E-state index is -1.29. The molecule has 5 heterocycles. The Morgan fingerprint density at radius 3 is 2.42 bits per heavy atom. The van der Waals surface area contributed by atoms with E-state index in [0.717, 1.165) is 60.3 Å². The first-order valence-electron chi connectivity index (χ1n) is 17.1. The van der Waals surface area contributed by atoms with E-state index in [0.29, 0.717) is 28.6 Å². The number of piperidine rings is 1. The molecule has 6 rings (SSSR count). The predicted molar refractivity (Wildman–Crippen MR) is 195 cm³/mol. The number of anilines is 1. The molecule has 1 amide bonds. The Morgan fingerprint density at radius 1 is 1.10 bits per heavy atom. The Balaban J connectivity index is 1.39. The second-order valence-electron chi connectivity index (χ2n) is 15.7. The van der Waals surface area contributed by atoms with Crippen molar-refractivity contribution in [2.45, 2.75) is 116 Å². The first-order chi connectivity index (χ1) is 22.6. The Morgan fingerprint density at radius 2 is 1.79 bits per heavy atom. The number of nitrogens with zero attached hydrogens (tertiary/aromatic N) is 7. The molecule has 3 aromatic heterocycles. The summed E-state index contributed by atoms with van der Waals surface area (Å²) in [5.74, 6) is 0.650. The van der Waals surface area contributed by atoms with Crippen LogP contribution in [0.25, 0.3) is 33.1 Å². The molecule has 260 valence electrons. The van der Waals surface area contributed by atoms with Crippen molar-refractivity contribution >= 4 is 53.7 Å². The van der Waals surface area contributed by atoms with Crippen LogP contribution < -0.4 is 10.5 Å². The molecule has 4 aromatic rings. The van der Waals surface area contributed by atoms with Gasteiger partial charge in [-0.1, -0.05) is 37.3 Å². The Bertz CT molecular complexity index is 1890. The maximum absolute atomic E-state index is 14.4. The highest BCUT2D eigenvalue weighted by Crippen LogP contribution is 2.42. The van der Waals surface area contributed by atoms with E-state index < -0.39 is 13.7 Å². The molecule has 11 nitrogen and oxygen atoms in total. The van der Waals surface area contributed by atoms with E-state index in [9.17, 15) is 9.59 Å². The number of carbonyl (C=O) groups excluding carboxylic acids is 1. The van der Waals surface area contributed by atoms with Crippen molar-refractivity contribution in [1.29, 1.82) is 0 Å². The number of hydrogen-bond donors (Lipinski definition) is 0. The van der Waals surface area contributed by atoms with Gasteiger partial charge in [0.15, 0.2) is 5.65 Å². The van der Waals surface area contributed by atoms with Gasteiger partial charge in [0.25, 0.3) is 5.56 Å². The summed E-state index contributed by atoms with van der Waals surface area (Å²) in [6.07, 6.45) is 7.14. The molecule has 0 unspecified atom stereocenters. The van der Waals surface area contributed by atoms with Crippen molar-refractivity contribution in [1.82, 2.24) is 28.8 Å². The van der Waals surface area contributed by atoms with Gasteiger partial charge in [0.1, 0.15) is 12.3 Å². The third-order valence-corrected chi connectivity index (χ3v) is 11.9. The summed E-state index contributed by atoms with van der Waals surface area (Å²) >= 11 is 7.06. The van der Waals surface area contributed by atoms with Gasteiger partial charge < -0.3 is 23.8 Å². The molecule has 2 aliphatic heterocycles. The van der Waals surface area contributed by atoms with Crippen LogP contribution in [0.15, 0.2) is 29.3 Å². The molecule has 0 spiro atoms. The van der Waals surface area contributed by atoms with Crippen molar-refractivity contribution < 1.29 is 14.3 Å².